The number of fused-ring (bicyclic) bond motifs is 1. The van der Waals surface area contributed by atoms with Gasteiger partial charge in [-0.15, -0.1) is 0 Å². The quantitative estimate of drug-likeness (QED) is 0.755. The van der Waals surface area contributed by atoms with Gasteiger partial charge in [0.2, 0.25) is 5.79 Å². The molecule has 0 amide bonds. The maximum atomic E-state index is 11.6. The Kier molecular flexibility index (Phi) is 3.17. The minimum Gasteiger partial charge on any atom is -0.496 e. The SMILES string of the molecule is COC(=O)c1cc(OC)c2c(c1)OC(C)(C)OC2. The Labute approximate surface area is 106 Å². The lowest BCUT2D eigenvalue weighted by molar-refractivity contribution is -0.180. The lowest BCUT2D eigenvalue weighted by Crippen LogP contribution is -2.35. The van der Waals surface area contributed by atoms with Crippen molar-refractivity contribution in [3.05, 3.63) is 23.3 Å². The fourth-order valence-corrected chi connectivity index (χ4v) is 1.81. The highest BCUT2D eigenvalue weighted by Gasteiger charge is 2.30. The van der Waals surface area contributed by atoms with E-state index in [1.807, 2.05) is 13.8 Å². The first-order valence-corrected chi connectivity index (χ1v) is 5.59. The molecule has 98 valence electrons. The fraction of sp³-hybridized carbons (Fsp3) is 0.462. The minimum atomic E-state index is -0.716. The van der Waals surface area contributed by atoms with Gasteiger partial charge in [0.25, 0.3) is 0 Å². The molecule has 0 unspecified atom stereocenters. The molecule has 5 nitrogen and oxygen atoms in total. The molecule has 1 aliphatic heterocycles. The van der Waals surface area contributed by atoms with E-state index in [9.17, 15) is 4.79 Å². The van der Waals surface area contributed by atoms with Gasteiger partial charge < -0.3 is 18.9 Å². The van der Waals surface area contributed by atoms with Gasteiger partial charge in [-0.3, -0.25) is 0 Å². The summed E-state index contributed by atoms with van der Waals surface area (Å²) < 4.78 is 21.2. The summed E-state index contributed by atoms with van der Waals surface area (Å²) in [6.45, 7) is 4.01. The summed E-state index contributed by atoms with van der Waals surface area (Å²) in [4.78, 5) is 11.6. The Morgan fingerprint density at radius 3 is 2.67 bits per heavy atom. The highest BCUT2D eigenvalue weighted by molar-refractivity contribution is 5.90. The predicted molar refractivity (Wildman–Crippen MR) is 63.8 cm³/mol. The number of hydrogen-bond acceptors (Lipinski definition) is 5. The second kappa shape index (κ2) is 4.49. The Bertz CT molecular complexity index is 479. The number of ether oxygens (including phenoxy) is 4. The smallest absolute Gasteiger partial charge is 0.338 e. The first-order chi connectivity index (χ1) is 8.46. The third-order valence-corrected chi connectivity index (χ3v) is 2.73. The van der Waals surface area contributed by atoms with Crippen molar-refractivity contribution < 1.29 is 23.7 Å². The third kappa shape index (κ3) is 2.26. The fourth-order valence-electron chi connectivity index (χ4n) is 1.81. The number of esters is 1. The van der Waals surface area contributed by atoms with Crippen LogP contribution < -0.4 is 9.47 Å². The number of carbonyl (C=O) groups is 1. The summed E-state index contributed by atoms with van der Waals surface area (Å²) in [5, 5.41) is 0. The summed E-state index contributed by atoms with van der Waals surface area (Å²) >= 11 is 0. The van der Waals surface area contributed by atoms with Crippen LogP contribution in [0.4, 0.5) is 0 Å². The Morgan fingerprint density at radius 1 is 1.33 bits per heavy atom. The second-order valence-corrected chi connectivity index (χ2v) is 4.44. The van der Waals surface area contributed by atoms with Gasteiger partial charge in [-0.1, -0.05) is 0 Å². The van der Waals surface area contributed by atoms with Crippen LogP contribution in [0.3, 0.4) is 0 Å². The van der Waals surface area contributed by atoms with E-state index in [4.69, 9.17) is 18.9 Å². The average Bonchev–Trinajstić information content (AvgIpc) is 2.34. The van der Waals surface area contributed by atoms with Crippen LogP contribution in [0, 0.1) is 0 Å². The molecule has 1 aliphatic rings. The Morgan fingerprint density at radius 2 is 2.06 bits per heavy atom. The van der Waals surface area contributed by atoms with E-state index in [1.165, 1.54) is 14.2 Å². The van der Waals surface area contributed by atoms with Crippen LogP contribution in [0.15, 0.2) is 12.1 Å². The molecule has 0 saturated carbocycles. The average molecular weight is 252 g/mol. The summed E-state index contributed by atoms with van der Waals surface area (Å²) in [5.74, 6) is 0.00522. The topological polar surface area (TPSA) is 54.0 Å². The van der Waals surface area contributed by atoms with Crippen LogP contribution in [0.2, 0.25) is 0 Å². The highest BCUT2D eigenvalue weighted by Crippen LogP contribution is 2.38. The van der Waals surface area contributed by atoms with Crippen molar-refractivity contribution in [1.29, 1.82) is 0 Å². The van der Waals surface area contributed by atoms with E-state index >= 15 is 0 Å². The van der Waals surface area contributed by atoms with E-state index in [1.54, 1.807) is 12.1 Å². The standard InChI is InChI=1S/C13H16O5/c1-13(2)17-7-9-10(15-3)5-8(12(14)16-4)6-11(9)18-13/h5-6H,7H2,1-4H3. The van der Waals surface area contributed by atoms with E-state index in [0.717, 1.165) is 5.56 Å². The summed E-state index contributed by atoms with van der Waals surface area (Å²) in [6.07, 6.45) is 0. The molecule has 1 aromatic rings. The van der Waals surface area contributed by atoms with Gasteiger partial charge in [-0.25, -0.2) is 4.79 Å². The molecule has 0 radical (unpaired) electrons. The van der Waals surface area contributed by atoms with Crippen LogP contribution in [0.25, 0.3) is 0 Å². The normalized spacial score (nSPS) is 16.4. The molecule has 5 heteroatoms. The van der Waals surface area contributed by atoms with Crippen molar-refractivity contribution in [2.45, 2.75) is 26.2 Å². The molecule has 0 aliphatic carbocycles. The van der Waals surface area contributed by atoms with Crippen molar-refractivity contribution in [2.24, 2.45) is 0 Å². The number of methoxy groups -OCH3 is 2. The van der Waals surface area contributed by atoms with Crippen LogP contribution >= 0.6 is 0 Å². The van der Waals surface area contributed by atoms with Gasteiger partial charge >= 0.3 is 5.97 Å². The number of benzene rings is 1. The molecule has 0 atom stereocenters. The van der Waals surface area contributed by atoms with Crippen molar-refractivity contribution in [1.82, 2.24) is 0 Å². The zero-order valence-electron chi connectivity index (χ0n) is 10.9. The Balaban J connectivity index is 2.49. The number of rotatable bonds is 2. The highest BCUT2D eigenvalue weighted by atomic mass is 16.7. The molecule has 0 bridgehead atoms. The first kappa shape index (κ1) is 12.7. The van der Waals surface area contributed by atoms with Gasteiger partial charge in [-0.2, -0.15) is 0 Å². The minimum absolute atomic E-state index is 0.382. The molecule has 0 spiro atoms. The second-order valence-electron chi connectivity index (χ2n) is 4.44. The van der Waals surface area contributed by atoms with Gasteiger partial charge in [0.05, 0.1) is 32.0 Å². The predicted octanol–water partition coefficient (Wildman–Crippen LogP) is 2.13. The zero-order chi connectivity index (χ0) is 13.3. The lowest BCUT2D eigenvalue weighted by Gasteiger charge is -2.33. The van der Waals surface area contributed by atoms with Gasteiger partial charge in [0.15, 0.2) is 0 Å². The first-order valence-electron chi connectivity index (χ1n) is 5.59. The van der Waals surface area contributed by atoms with Crippen molar-refractivity contribution >= 4 is 5.97 Å². The third-order valence-electron chi connectivity index (χ3n) is 2.73. The summed E-state index contributed by atoms with van der Waals surface area (Å²) in [6, 6.07) is 3.27. The Hall–Kier alpha value is -1.75. The maximum absolute atomic E-state index is 11.6. The molecule has 0 saturated heterocycles. The largest absolute Gasteiger partial charge is 0.496 e. The van der Waals surface area contributed by atoms with Gasteiger partial charge in [0, 0.05) is 13.8 Å². The molecule has 0 aromatic heterocycles. The van der Waals surface area contributed by atoms with Gasteiger partial charge in [0.1, 0.15) is 11.5 Å². The molecule has 18 heavy (non-hydrogen) atoms. The lowest BCUT2D eigenvalue weighted by atomic mass is 10.1. The molecular weight excluding hydrogens is 236 g/mol. The molecule has 1 aromatic carbocycles. The van der Waals surface area contributed by atoms with E-state index in [-0.39, 0.29) is 0 Å². The summed E-state index contributed by atoms with van der Waals surface area (Å²) in [5.41, 5.74) is 1.19. The number of carbonyl (C=O) groups excluding carboxylic acids is 1. The van der Waals surface area contributed by atoms with Crippen molar-refractivity contribution in [3.63, 3.8) is 0 Å². The monoisotopic (exact) mass is 252 g/mol. The molecular formula is C13H16O5. The van der Waals surface area contributed by atoms with E-state index in [2.05, 4.69) is 0 Å². The maximum Gasteiger partial charge on any atom is 0.338 e. The van der Waals surface area contributed by atoms with Crippen molar-refractivity contribution in [3.8, 4) is 11.5 Å². The van der Waals surface area contributed by atoms with Crippen molar-refractivity contribution in [2.75, 3.05) is 14.2 Å². The van der Waals surface area contributed by atoms with E-state index in [0.29, 0.717) is 23.7 Å². The van der Waals surface area contributed by atoms with Crippen LogP contribution in [-0.4, -0.2) is 26.0 Å². The zero-order valence-corrected chi connectivity index (χ0v) is 10.9. The molecule has 2 rings (SSSR count). The molecule has 0 fully saturated rings. The van der Waals surface area contributed by atoms with Crippen LogP contribution in [0.1, 0.15) is 29.8 Å². The van der Waals surface area contributed by atoms with Crippen LogP contribution in [0.5, 0.6) is 11.5 Å². The summed E-state index contributed by atoms with van der Waals surface area (Å²) in [7, 11) is 2.87. The number of hydrogen-bond donors (Lipinski definition) is 0. The van der Waals surface area contributed by atoms with Crippen LogP contribution in [-0.2, 0) is 16.1 Å². The van der Waals surface area contributed by atoms with Gasteiger partial charge in [-0.05, 0) is 12.1 Å². The molecule has 1 heterocycles. The van der Waals surface area contributed by atoms with E-state index < -0.39 is 11.8 Å². The molecule has 0 N–H and O–H groups in total.